The Bertz CT molecular complexity index is 1450. The molecule has 1 N–H and O–H groups in total. The number of sulfone groups is 1. The lowest BCUT2D eigenvalue weighted by Gasteiger charge is -2.14. The monoisotopic (exact) mass is 497 g/mol. The van der Waals surface area contributed by atoms with Gasteiger partial charge in [0.05, 0.1) is 17.1 Å². The first-order chi connectivity index (χ1) is 17.5. The Kier molecular flexibility index (Phi) is 6.87. The number of anilines is 1. The summed E-state index contributed by atoms with van der Waals surface area (Å²) in [6.45, 7) is 0. The molecule has 0 unspecified atom stereocenters. The molecule has 0 saturated heterocycles. The van der Waals surface area contributed by atoms with Gasteiger partial charge in [-0.1, -0.05) is 60.7 Å². The molecule has 0 aliphatic heterocycles. The van der Waals surface area contributed by atoms with E-state index in [4.69, 9.17) is 4.74 Å². The van der Waals surface area contributed by atoms with Crippen LogP contribution in [0.3, 0.4) is 0 Å². The summed E-state index contributed by atoms with van der Waals surface area (Å²) in [7, 11) is -3.26. The maximum Gasteiger partial charge on any atom is 0.228 e. The third kappa shape index (κ3) is 6.01. The highest BCUT2D eigenvalue weighted by molar-refractivity contribution is 7.91. The number of amides is 1. The Labute approximate surface area is 211 Å². The zero-order chi connectivity index (χ0) is 25.0. The highest BCUT2D eigenvalue weighted by Crippen LogP contribution is 2.36. The van der Waals surface area contributed by atoms with Crippen LogP contribution in [0.2, 0.25) is 0 Å². The van der Waals surface area contributed by atoms with E-state index in [1.807, 2.05) is 78.9 Å². The molecular formula is C30H27NO4S. The fraction of sp³-hybridized carbons (Fsp3) is 0.167. The van der Waals surface area contributed by atoms with Gasteiger partial charge in [0.1, 0.15) is 11.5 Å². The topological polar surface area (TPSA) is 72.5 Å². The molecule has 0 radical (unpaired) electrons. The fourth-order valence-corrected chi connectivity index (χ4v) is 5.75. The van der Waals surface area contributed by atoms with E-state index in [-0.39, 0.29) is 18.1 Å². The van der Waals surface area contributed by atoms with Crippen molar-refractivity contribution >= 4 is 21.4 Å². The van der Waals surface area contributed by atoms with Crippen LogP contribution in [-0.2, 0) is 21.1 Å². The van der Waals surface area contributed by atoms with Crippen LogP contribution >= 0.6 is 0 Å². The van der Waals surface area contributed by atoms with E-state index in [1.165, 1.54) is 0 Å². The molecule has 1 saturated carbocycles. The van der Waals surface area contributed by atoms with Crippen molar-refractivity contribution in [1.82, 2.24) is 0 Å². The second-order valence-corrected chi connectivity index (χ2v) is 11.1. The quantitative estimate of drug-likeness (QED) is 0.286. The minimum atomic E-state index is -3.26. The average molecular weight is 498 g/mol. The smallest absolute Gasteiger partial charge is 0.228 e. The van der Waals surface area contributed by atoms with Crippen LogP contribution in [0.1, 0.15) is 18.4 Å². The second kappa shape index (κ2) is 10.4. The molecule has 4 aromatic rings. The Morgan fingerprint density at radius 1 is 0.833 bits per heavy atom. The van der Waals surface area contributed by atoms with Crippen molar-refractivity contribution in [1.29, 1.82) is 0 Å². The van der Waals surface area contributed by atoms with Gasteiger partial charge in [0.2, 0.25) is 5.91 Å². The standard InChI is InChI=1S/C30H27NO4S/c32-30(19-22-13-16-27(17-14-22)36(33,34)21-23-11-12-23)31-25-15-18-28(24-7-3-1-4-8-24)29(20-25)35-26-9-5-2-6-10-26/h1-10,13-18,20,23H,11-12,19,21H2,(H,31,32). The molecule has 1 aliphatic rings. The van der Waals surface area contributed by atoms with Gasteiger partial charge in [-0.15, -0.1) is 0 Å². The Morgan fingerprint density at radius 3 is 2.17 bits per heavy atom. The van der Waals surface area contributed by atoms with Crippen molar-refractivity contribution in [3.05, 3.63) is 109 Å². The first kappa shape index (κ1) is 23.8. The zero-order valence-corrected chi connectivity index (χ0v) is 20.6. The van der Waals surface area contributed by atoms with Crippen molar-refractivity contribution in [2.45, 2.75) is 24.2 Å². The number of nitrogens with one attached hydrogen (secondary N) is 1. The summed E-state index contributed by atoms with van der Waals surface area (Å²) in [6.07, 6.45) is 2.11. The molecule has 4 aromatic carbocycles. The fourth-order valence-electron chi connectivity index (χ4n) is 4.05. The van der Waals surface area contributed by atoms with Gasteiger partial charge in [-0.05, 0) is 66.3 Å². The van der Waals surface area contributed by atoms with Gasteiger partial charge < -0.3 is 10.1 Å². The summed E-state index contributed by atoms with van der Waals surface area (Å²) < 4.78 is 31.1. The molecule has 182 valence electrons. The number of para-hydroxylation sites is 1. The van der Waals surface area contributed by atoms with E-state index in [0.29, 0.717) is 28.0 Å². The summed E-state index contributed by atoms with van der Waals surface area (Å²) >= 11 is 0. The van der Waals surface area contributed by atoms with Crippen LogP contribution in [0.5, 0.6) is 11.5 Å². The molecule has 0 bridgehead atoms. The van der Waals surface area contributed by atoms with E-state index >= 15 is 0 Å². The molecule has 5 nitrogen and oxygen atoms in total. The van der Waals surface area contributed by atoms with Crippen molar-refractivity contribution in [2.24, 2.45) is 5.92 Å². The first-order valence-corrected chi connectivity index (χ1v) is 13.7. The number of ether oxygens (including phenoxy) is 1. The minimum absolute atomic E-state index is 0.137. The molecule has 1 amide bonds. The Hall–Kier alpha value is -3.90. The lowest BCUT2D eigenvalue weighted by molar-refractivity contribution is -0.115. The summed E-state index contributed by atoms with van der Waals surface area (Å²) in [4.78, 5) is 13.1. The van der Waals surface area contributed by atoms with Gasteiger partial charge in [-0.3, -0.25) is 4.79 Å². The van der Waals surface area contributed by atoms with Gasteiger partial charge in [-0.25, -0.2) is 8.42 Å². The highest BCUT2D eigenvalue weighted by Gasteiger charge is 2.29. The van der Waals surface area contributed by atoms with Crippen LogP contribution in [-0.4, -0.2) is 20.1 Å². The summed E-state index contributed by atoms with van der Waals surface area (Å²) in [5.74, 6) is 1.65. The molecule has 36 heavy (non-hydrogen) atoms. The predicted octanol–water partition coefficient (Wildman–Crippen LogP) is 6.51. The average Bonchev–Trinajstić information content (AvgIpc) is 3.69. The molecule has 0 aromatic heterocycles. The molecule has 0 heterocycles. The second-order valence-electron chi connectivity index (χ2n) is 9.09. The molecular weight excluding hydrogens is 470 g/mol. The van der Waals surface area contributed by atoms with Gasteiger partial charge >= 0.3 is 0 Å². The Balaban J connectivity index is 1.31. The zero-order valence-electron chi connectivity index (χ0n) is 19.8. The molecule has 1 fully saturated rings. The van der Waals surface area contributed by atoms with E-state index in [2.05, 4.69) is 5.32 Å². The molecule has 0 atom stereocenters. The lowest BCUT2D eigenvalue weighted by atomic mass is 10.0. The predicted molar refractivity (Wildman–Crippen MR) is 142 cm³/mol. The molecule has 0 spiro atoms. The van der Waals surface area contributed by atoms with Crippen LogP contribution < -0.4 is 10.1 Å². The van der Waals surface area contributed by atoms with Crippen molar-refractivity contribution in [3.63, 3.8) is 0 Å². The largest absolute Gasteiger partial charge is 0.457 e. The first-order valence-electron chi connectivity index (χ1n) is 12.0. The summed E-state index contributed by atoms with van der Waals surface area (Å²) in [6, 6.07) is 31.7. The summed E-state index contributed by atoms with van der Waals surface area (Å²) in [5.41, 5.74) is 3.30. The molecule has 6 heteroatoms. The van der Waals surface area contributed by atoms with Crippen LogP contribution in [0.15, 0.2) is 108 Å². The van der Waals surface area contributed by atoms with E-state index < -0.39 is 9.84 Å². The van der Waals surface area contributed by atoms with Crippen LogP contribution in [0.25, 0.3) is 11.1 Å². The van der Waals surface area contributed by atoms with Gasteiger partial charge in [-0.2, -0.15) is 0 Å². The normalized spacial score (nSPS) is 13.2. The Morgan fingerprint density at radius 2 is 1.50 bits per heavy atom. The van der Waals surface area contributed by atoms with Crippen molar-refractivity contribution in [2.75, 3.05) is 11.1 Å². The maximum atomic E-state index is 12.8. The third-order valence-electron chi connectivity index (χ3n) is 6.12. The van der Waals surface area contributed by atoms with Crippen LogP contribution in [0, 0.1) is 5.92 Å². The lowest BCUT2D eigenvalue weighted by Crippen LogP contribution is -2.14. The number of hydrogen-bond acceptors (Lipinski definition) is 4. The van der Waals surface area contributed by atoms with E-state index in [1.54, 1.807) is 24.3 Å². The molecule has 5 rings (SSSR count). The number of carbonyl (C=O) groups excluding carboxylic acids is 1. The van der Waals surface area contributed by atoms with Gasteiger partial charge in [0, 0.05) is 17.3 Å². The van der Waals surface area contributed by atoms with E-state index in [0.717, 1.165) is 29.5 Å². The third-order valence-corrected chi connectivity index (χ3v) is 8.02. The van der Waals surface area contributed by atoms with Crippen LogP contribution in [0.4, 0.5) is 5.69 Å². The van der Waals surface area contributed by atoms with Crippen molar-refractivity contribution < 1.29 is 17.9 Å². The number of benzene rings is 4. The van der Waals surface area contributed by atoms with Gasteiger partial charge in [0.15, 0.2) is 9.84 Å². The minimum Gasteiger partial charge on any atom is -0.457 e. The SMILES string of the molecule is O=C(Cc1ccc(S(=O)(=O)CC2CC2)cc1)Nc1ccc(-c2ccccc2)c(Oc2ccccc2)c1. The maximum absolute atomic E-state index is 12.8. The number of rotatable bonds is 9. The summed E-state index contributed by atoms with van der Waals surface area (Å²) in [5, 5.41) is 2.94. The van der Waals surface area contributed by atoms with Gasteiger partial charge in [0.25, 0.3) is 0 Å². The molecule has 1 aliphatic carbocycles. The highest BCUT2D eigenvalue weighted by atomic mass is 32.2. The number of hydrogen-bond donors (Lipinski definition) is 1. The van der Waals surface area contributed by atoms with Crippen molar-refractivity contribution in [3.8, 4) is 22.6 Å². The van der Waals surface area contributed by atoms with E-state index in [9.17, 15) is 13.2 Å². The number of carbonyl (C=O) groups is 1.